The molecule has 0 heterocycles. The minimum Gasteiger partial charge on any atom is -0.479 e. The summed E-state index contributed by atoms with van der Waals surface area (Å²) in [5.74, 6) is -1.26. The summed E-state index contributed by atoms with van der Waals surface area (Å²) < 4.78 is 0. The van der Waals surface area contributed by atoms with Crippen LogP contribution in [-0.4, -0.2) is 52.3 Å². The van der Waals surface area contributed by atoms with Crippen LogP contribution in [-0.2, 0) is 4.79 Å². The molecule has 6 nitrogen and oxygen atoms in total. The van der Waals surface area contributed by atoms with Gasteiger partial charge < -0.3 is 20.4 Å². The lowest BCUT2D eigenvalue weighted by atomic mass is 10.2. The molecule has 1 saturated carbocycles. The standard InChI is InChI=1S/C10H18N2O4/c1-2-12(7-3-4-7)10(16)11-6-5-8(13)9(14)15/h7-8,13H,2-6H2,1H3,(H,11,16)(H,14,15). The van der Waals surface area contributed by atoms with Crippen molar-refractivity contribution in [3.63, 3.8) is 0 Å². The summed E-state index contributed by atoms with van der Waals surface area (Å²) in [5.41, 5.74) is 0. The van der Waals surface area contributed by atoms with Crippen LogP contribution in [0.5, 0.6) is 0 Å². The maximum Gasteiger partial charge on any atom is 0.332 e. The normalized spacial score (nSPS) is 16.6. The second-order valence-corrected chi connectivity index (χ2v) is 3.89. The molecule has 0 bridgehead atoms. The summed E-state index contributed by atoms with van der Waals surface area (Å²) in [7, 11) is 0. The number of amides is 2. The highest BCUT2D eigenvalue weighted by atomic mass is 16.4. The molecule has 0 aromatic carbocycles. The fourth-order valence-electron chi connectivity index (χ4n) is 1.49. The summed E-state index contributed by atoms with van der Waals surface area (Å²) in [5, 5.41) is 20.0. The van der Waals surface area contributed by atoms with Crippen molar-refractivity contribution in [2.75, 3.05) is 13.1 Å². The molecule has 0 aliphatic heterocycles. The number of aliphatic hydroxyl groups is 1. The first kappa shape index (κ1) is 12.8. The third-order valence-electron chi connectivity index (χ3n) is 2.57. The SMILES string of the molecule is CCN(C(=O)NCCC(O)C(=O)O)C1CC1. The molecule has 1 aliphatic rings. The van der Waals surface area contributed by atoms with Crippen LogP contribution in [0.3, 0.4) is 0 Å². The Bertz CT molecular complexity index is 266. The topological polar surface area (TPSA) is 89.9 Å². The number of hydrogen-bond acceptors (Lipinski definition) is 3. The zero-order chi connectivity index (χ0) is 12.1. The molecular weight excluding hydrogens is 212 g/mol. The minimum atomic E-state index is -1.41. The number of nitrogens with zero attached hydrogens (tertiary/aromatic N) is 1. The number of carboxylic acids is 1. The number of carbonyl (C=O) groups excluding carboxylic acids is 1. The van der Waals surface area contributed by atoms with Crippen molar-refractivity contribution in [1.82, 2.24) is 10.2 Å². The number of carboxylic acid groups (broad SMARTS) is 1. The van der Waals surface area contributed by atoms with Gasteiger partial charge >= 0.3 is 12.0 Å². The van der Waals surface area contributed by atoms with Gasteiger partial charge in [0, 0.05) is 25.6 Å². The summed E-state index contributed by atoms with van der Waals surface area (Å²) in [6.45, 7) is 2.73. The zero-order valence-corrected chi connectivity index (χ0v) is 9.35. The molecule has 1 unspecified atom stereocenters. The molecule has 1 atom stereocenters. The molecule has 92 valence electrons. The third kappa shape index (κ3) is 3.69. The van der Waals surface area contributed by atoms with Crippen LogP contribution in [0, 0.1) is 0 Å². The van der Waals surface area contributed by atoms with Gasteiger partial charge in [-0.1, -0.05) is 0 Å². The number of rotatable bonds is 6. The van der Waals surface area contributed by atoms with Gasteiger partial charge in [0.25, 0.3) is 0 Å². The Morgan fingerprint density at radius 2 is 2.12 bits per heavy atom. The lowest BCUT2D eigenvalue weighted by Crippen LogP contribution is -2.42. The van der Waals surface area contributed by atoms with Gasteiger partial charge in [-0.15, -0.1) is 0 Å². The number of aliphatic hydroxyl groups excluding tert-OH is 1. The van der Waals surface area contributed by atoms with E-state index in [1.807, 2.05) is 6.92 Å². The van der Waals surface area contributed by atoms with Crippen molar-refractivity contribution in [2.45, 2.75) is 38.3 Å². The summed E-state index contributed by atoms with van der Waals surface area (Å²) >= 11 is 0. The molecule has 1 fully saturated rings. The van der Waals surface area contributed by atoms with E-state index in [1.165, 1.54) is 0 Å². The molecule has 6 heteroatoms. The Labute approximate surface area is 94.2 Å². The fourth-order valence-corrected chi connectivity index (χ4v) is 1.49. The predicted molar refractivity (Wildman–Crippen MR) is 57.1 cm³/mol. The molecule has 16 heavy (non-hydrogen) atoms. The number of urea groups is 1. The van der Waals surface area contributed by atoms with E-state index >= 15 is 0 Å². The van der Waals surface area contributed by atoms with E-state index in [0.29, 0.717) is 12.6 Å². The Morgan fingerprint density at radius 1 is 1.50 bits per heavy atom. The molecule has 0 spiro atoms. The van der Waals surface area contributed by atoms with E-state index in [0.717, 1.165) is 12.8 Å². The largest absolute Gasteiger partial charge is 0.479 e. The van der Waals surface area contributed by atoms with Gasteiger partial charge in [0.2, 0.25) is 0 Å². The van der Waals surface area contributed by atoms with Crippen molar-refractivity contribution in [1.29, 1.82) is 0 Å². The average molecular weight is 230 g/mol. The molecular formula is C10H18N2O4. The Kier molecular flexibility index (Phi) is 4.54. The number of aliphatic carboxylic acids is 1. The first-order valence-corrected chi connectivity index (χ1v) is 5.51. The lowest BCUT2D eigenvalue weighted by molar-refractivity contribution is -0.146. The van der Waals surface area contributed by atoms with Crippen LogP contribution < -0.4 is 5.32 Å². The number of carbonyl (C=O) groups is 2. The van der Waals surface area contributed by atoms with Gasteiger partial charge in [-0.2, -0.15) is 0 Å². The van der Waals surface area contributed by atoms with Crippen LogP contribution in [0.25, 0.3) is 0 Å². The van der Waals surface area contributed by atoms with Crippen molar-refractivity contribution < 1.29 is 19.8 Å². The number of nitrogens with one attached hydrogen (secondary N) is 1. The van der Waals surface area contributed by atoms with E-state index in [4.69, 9.17) is 10.2 Å². The van der Waals surface area contributed by atoms with Crippen LogP contribution in [0.15, 0.2) is 0 Å². The van der Waals surface area contributed by atoms with Crippen molar-refractivity contribution >= 4 is 12.0 Å². The molecule has 1 aliphatic carbocycles. The first-order chi connectivity index (χ1) is 7.56. The maximum atomic E-state index is 11.6. The van der Waals surface area contributed by atoms with E-state index in [9.17, 15) is 9.59 Å². The van der Waals surface area contributed by atoms with Crippen molar-refractivity contribution in [3.05, 3.63) is 0 Å². The monoisotopic (exact) mass is 230 g/mol. The quantitative estimate of drug-likeness (QED) is 0.600. The molecule has 0 aromatic heterocycles. The Hall–Kier alpha value is -1.30. The second kappa shape index (κ2) is 5.69. The highest BCUT2D eigenvalue weighted by Crippen LogP contribution is 2.26. The van der Waals surface area contributed by atoms with Gasteiger partial charge in [0.15, 0.2) is 6.10 Å². The Morgan fingerprint density at radius 3 is 2.56 bits per heavy atom. The van der Waals surface area contributed by atoms with Gasteiger partial charge in [0.1, 0.15) is 0 Å². The molecule has 2 amide bonds. The summed E-state index contributed by atoms with van der Waals surface area (Å²) in [6.07, 6.45) is 0.706. The van der Waals surface area contributed by atoms with Gasteiger partial charge in [-0.05, 0) is 19.8 Å². The van der Waals surface area contributed by atoms with E-state index in [1.54, 1.807) is 4.90 Å². The predicted octanol–water partition coefficient (Wildman–Crippen LogP) is 0.0159. The molecule has 1 rings (SSSR count). The second-order valence-electron chi connectivity index (χ2n) is 3.89. The maximum absolute atomic E-state index is 11.6. The molecule has 0 saturated heterocycles. The van der Waals surface area contributed by atoms with Crippen LogP contribution in [0.1, 0.15) is 26.2 Å². The first-order valence-electron chi connectivity index (χ1n) is 5.51. The van der Waals surface area contributed by atoms with Gasteiger partial charge in [0.05, 0.1) is 0 Å². The summed E-state index contributed by atoms with van der Waals surface area (Å²) in [6, 6.07) is 0.164. The smallest absolute Gasteiger partial charge is 0.332 e. The Balaban J connectivity index is 2.21. The molecule has 0 aromatic rings. The summed E-state index contributed by atoms with van der Waals surface area (Å²) in [4.78, 5) is 23.6. The fraction of sp³-hybridized carbons (Fsp3) is 0.800. The van der Waals surface area contributed by atoms with Crippen molar-refractivity contribution in [2.24, 2.45) is 0 Å². The number of hydrogen-bond donors (Lipinski definition) is 3. The van der Waals surface area contributed by atoms with E-state index < -0.39 is 12.1 Å². The minimum absolute atomic E-state index is 0.0310. The highest BCUT2D eigenvalue weighted by Gasteiger charge is 2.31. The van der Waals surface area contributed by atoms with Gasteiger partial charge in [-0.3, -0.25) is 0 Å². The van der Waals surface area contributed by atoms with E-state index in [-0.39, 0.29) is 19.0 Å². The van der Waals surface area contributed by atoms with Crippen molar-refractivity contribution in [3.8, 4) is 0 Å². The molecule has 0 radical (unpaired) electrons. The zero-order valence-electron chi connectivity index (χ0n) is 9.35. The van der Waals surface area contributed by atoms with Crippen LogP contribution in [0.2, 0.25) is 0 Å². The highest BCUT2D eigenvalue weighted by molar-refractivity contribution is 5.75. The van der Waals surface area contributed by atoms with E-state index in [2.05, 4.69) is 5.32 Å². The van der Waals surface area contributed by atoms with Crippen LogP contribution >= 0.6 is 0 Å². The average Bonchev–Trinajstić information content (AvgIpc) is 3.02. The molecule has 3 N–H and O–H groups in total. The lowest BCUT2D eigenvalue weighted by Gasteiger charge is -2.20. The third-order valence-corrected chi connectivity index (χ3v) is 2.57. The van der Waals surface area contributed by atoms with Gasteiger partial charge in [-0.25, -0.2) is 9.59 Å². The van der Waals surface area contributed by atoms with Crippen LogP contribution in [0.4, 0.5) is 4.79 Å².